The highest BCUT2D eigenvalue weighted by Gasteiger charge is 2.23. The molecule has 0 aromatic carbocycles. The van der Waals surface area contributed by atoms with E-state index in [2.05, 4.69) is 82.4 Å². The second-order valence-electron chi connectivity index (χ2n) is 12.8. The summed E-state index contributed by atoms with van der Waals surface area (Å²) < 4.78 is 6.01. The van der Waals surface area contributed by atoms with Crippen LogP contribution in [0.3, 0.4) is 0 Å². The number of carbonyl (C=O) groups excluding carboxylic acids is 1. The fourth-order valence-electron chi connectivity index (χ4n) is 6.22. The summed E-state index contributed by atoms with van der Waals surface area (Å²) in [7, 11) is 3.86. The zero-order valence-electron chi connectivity index (χ0n) is 27.9. The third kappa shape index (κ3) is 6.30. The maximum absolute atomic E-state index is 12.9. The molecule has 5 heterocycles. The third-order valence-electron chi connectivity index (χ3n) is 9.18. The number of fused-ring (bicyclic) bond motifs is 8. The van der Waals surface area contributed by atoms with Crippen molar-refractivity contribution in [1.29, 1.82) is 0 Å². The Bertz CT molecular complexity index is 1920. The summed E-state index contributed by atoms with van der Waals surface area (Å²) in [6.45, 7) is 17.6. The van der Waals surface area contributed by atoms with E-state index >= 15 is 0 Å². The monoisotopic (exact) mass is 608 g/mol. The number of ether oxygens (including phenoxy) is 1. The van der Waals surface area contributed by atoms with Crippen LogP contribution in [0.2, 0.25) is 0 Å². The summed E-state index contributed by atoms with van der Waals surface area (Å²) in [5.74, 6) is -0.269. The molecule has 0 aliphatic carbocycles. The Kier molecular flexibility index (Phi) is 9.01. The number of esters is 1. The van der Waals surface area contributed by atoms with Gasteiger partial charge in [0.05, 0.1) is 43.5 Å². The van der Waals surface area contributed by atoms with Crippen LogP contribution in [0.4, 0.5) is 0 Å². The van der Waals surface area contributed by atoms with Crippen LogP contribution in [-0.4, -0.2) is 69.5 Å². The van der Waals surface area contributed by atoms with Gasteiger partial charge in [0.25, 0.3) is 0 Å². The highest BCUT2D eigenvalue weighted by Crippen LogP contribution is 2.37. The maximum atomic E-state index is 12.9. The van der Waals surface area contributed by atoms with Gasteiger partial charge < -0.3 is 19.8 Å². The zero-order chi connectivity index (χ0) is 32.6. The number of quaternary nitrogens is 1. The molecule has 8 nitrogen and oxygen atoms in total. The van der Waals surface area contributed by atoms with E-state index in [0.717, 1.165) is 84.7 Å². The van der Waals surface area contributed by atoms with E-state index in [9.17, 15) is 9.90 Å². The summed E-state index contributed by atoms with van der Waals surface area (Å²) in [6, 6.07) is 6.42. The second-order valence-corrected chi connectivity index (χ2v) is 12.8. The fraction of sp³-hybridized carbons (Fsp3) is 0.378. The van der Waals surface area contributed by atoms with Gasteiger partial charge in [-0.15, -0.1) is 0 Å². The summed E-state index contributed by atoms with van der Waals surface area (Å²) in [6.07, 6.45) is 5.65. The Morgan fingerprint density at radius 3 is 2.33 bits per heavy atom. The SMILES string of the molecule is C=Cc1c(C)c2cc3nc(c(C)c4nc(cc5[nH]c(cc1[nH]2)c(C)c5CC)C(C)=C4)C(CCC(=O)OC[N+](C)(C)CCO)=C3C. The predicted molar refractivity (Wildman–Crippen MR) is 185 cm³/mol. The van der Waals surface area contributed by atoms with Crippen LogP contribution in [-0.2, 0) is 16.0 Å². The highest BCUT2D eigenvalue weighted by atomic mass is 16.5. The number of aliphatic hydroxyl groups excluding tert-OH is 1. The number of carbonyl (C=O) groups is 1. The molecular formula is C37H46N5O3+. The van der Waals surface area contributed by atoms with Crippen molar-refractivity contribution in [2.75, 3.05) is 34.0 Å². The molecule has 8 heteroatoms. The molecule has 0 fully saturated rings. The summed E-state index contributed by atoms with van der Waals surface area (Å²) >= 11 is 0. The predicted octanol–water partition coefficient (Wildman–Crippen LogP) is 7.29. The number of nitrogens with zero attached hydrogens (tertiary/aromatic N) is 3. The van der Waals surface area contributed by atoms with Crippen molar-refractivity contribution in [3.05, 3.63) is 75.4 Å². The molecule has 3 aromatic heterocycles. The molecule has 0 radical (unpaired) electrons. The number of aryl methyl sites for hydroxylation is 3. The average molecular weight is 609 g/mol. The first-order valence-corrected chi connectivity index (χ1v) is 15.7. The van der Waals surface area contributed by atoms with Gasteiger partial charge >= 0.3 is 5.97 Å². The number of hydrogen-bond acceptors (Lipinski definition) is 5. The van der Waals surface area contributed by atoms with Gasteiger partial charge in [-0.05, 0) is 105 Å². The Labute approximate surface area is 265 Å². The van der Waals surface area contributed by atoms with Crippen molar-refractivity contribution in [1.82, 2.24) is 19.9 Å². The number of rotatable bonds is 9. The minimum atomic E-state index is -0.269. The van der Waals surface area contributed by atoms with E-state index in [1.807, 2.05) is 20.2 Å². The molecule has 3 aromatic rings. The minimum Gasteiger partial charge on any atom is -0.415 e. The standard InChI is InChI=1S/C37H46N5O3/c1-10-26-23(5)32-19-35-27(11-2)22(4)31(39-35)18-33-24(6)28(12-13-36(44)45-20-42(8,9)14-15-43)37(41-33)25(7)30-16-21(3)29(38-30)17-34(26)40-32/h11,16-19,39-40,43H,2,10,12-15,20H2,1,3-9H3/q+1. The van der Waals surface area contributed by atoms with E-state index in [1.54, 1.807) is 0 Å². The molecule has 2 aliphatic heterocycles. The van der Waals surface area contributed by atoms with Crippen LogP contribution in [0.15, 0.2) is 24.8 Å². The van der Waals surface area contributed by atoms with Gasteiger partial charge in [-0.2, -0.15) is 0 Å². The van der Waals surface area contributed by atoms with E-state index in [-0.39, 0.29) is 25.7 Å². The van der Waals surface area contributed by atoms with Crippen LogP contribution >= 0.6 is 0 Å². The molecule has 0 spiro atoms. The molecule has 45 heavy (non-hydrogen) atoms. The van der Waals surface area contributed by atoms with Gasteiger partial charge in [0.1, 0.15) is 6.54 Å². The molecule has 0 amide bonds. The van der Waals surface area contributed by atoms with Crippen LogP contribution in [0.5, 0.6) is 0 Å². The van der Waals surface area contributed by atoms with E-state index in [4.69, 9.17) is 14.7 Å². The van der Waals surface area contributed by atoms with Crippen LogP contribution in [0.1, 0.15) is 84.2 Å². The Balaban J connectivity index is 1.71. The van der Waals surface area contributed by atoms with Crippen molar-refractivity contribution in [2.24, 2.45) is 0 Å². The van der Waals surface area contributed by atoms with Gasteiger partial charge in [-0.25, -0.2) is 9.97 Å². The normalized spacial score (nSPS) is 13.3. The number of aromatic amines is 2. The van der Waals surface area contributed by atoms with E-state index < -0.39 is 0 Å². The lowest BCUT2D eigenvalue weighted by atomic mass is 9.98. The number of allylic oxidation sites excluding steroid dienone is 3. The summed E-state index contributed by atoms with van der Waals surface area (Å²) in [5, 5.41) is 9.32. The van der Waals surface area contributed by atoms with E-state index in [0.29, 0.717) is 17.4 Å². The zero-order valence-corrected chi connectivity index (χ0v) is 27.9. The van der Waals surface area contributed by atoms with Crippen LogP contribution < -0.4 is 0 Å². The molecule has 236 valence electrons. The van der Waals surface area contributed by atoms with Gasteiger partial charge in [-0.3, -0.25) is 9.28 Å². The lowest BCUT2D eigenvalue weighted by Crippen LogP contribution is -2.44. The Morgan fingerprint density at radius 2 is 1.64 bits per heavy atom. The van der Waals surface area contributed by atoms with Crippen molar-refractivity contribution in [2.45, 2.75) is 60.8 Å². The molecule has 3 N–H and O–H groups in total. The maximum Gasteiger partial charge on any atom is 0.310 e. The molecule has 5 rings (SSSR count). The molecule has 2 aliphatic rings. The first-order chi connectivity index (χ1) is 21.4. The quantitative estimate of drug-likeness (QED) is 0.135. The van der Waals surface area contributed by atoms with Crippen LogP contribution in [0.25, 0.3) is 50.9 Å². The average Bonchev–Trinajstić information content (AvgIpc) is 3.69. The highest BCUT2D eigenvalue weighted by molar-refractivity contribution is 5.95. The fourth-order valence-corrected chi connectivity index (χ4v) is 6.22. The van der Waals surface area contributed by atoms with Crippen molar-refractivity contribution in [3.8, 4) is 0 Å². The summed E-state index contributed by atoms with van der Waals surface area (Å²) in [5.41, 5.74) is 16.4. The number of aliphatic hydroxyl groups is 1. The smallest absolute Gasteiger partial charge is 0.310 e. The van der Waals surface area contributed by atoms with Crippen LogP contribution in [0, 0.1) is 20.8 Å². The topological polar surface area (TPSA) is 104 Å². The Hall–Kier alpha value is -4.27. The second kappa shape index (κ2) is 12.6. The molecule has 0 saturated carbocycles. The molecular weight excluding hydrogens is 562 g/mol. The van der Waals surface area contributed by atoms with Crippen molar-refractivity contribution in [3.63, 3.8) is 0 Å². The molecule has 8 bridgehead atoms. The molecule has 0 unspecified atom stereocenters. The van der Waals surface area contributed by atoms with Crippen molar-refractivity contribution < 1.29 is 19.1 Å². The lowest BCUT2D eigenvalue weighted by Gasteiger charge is -2.27. The van der Waals surface area contributed by atoms with Gasteiger partial charge in [0.2, 0.25) is 6.73 Å². The van der Waals surface area contributed by atoms with Crippen molar-refractivity contribution >= 4 is 56.9 Å². The minimum absolute atomic E-state index is 0.0366. The van der Waals surface area contributed by atoms with Gasteiger partial charge in [-0.1, -0.05) is 19.6 Å². The number of H-pyrrole nitrogens is 2. The number of nitrogens with one attached hydrogen (secondary N) is 2. The number of aromatic nitrogens is 4. The van der Waals surface area contributed by atoms with Gasteiger partial charge in [0.15, 0.2) is 0 Å². The van der Waals surface area contributed by atoms with E-state index in [1.165, 1.54) is 11.1 Å². The first-order valence-electron chi connectivity index (χ1n) is 15.7. The number of likely N-dealkylation sites (N-methyl/N-ethyl adjacent to an activating group) is 1. The largest absolute Gasteiger partial charge is 0.415 e. The molecule has 0 saturated heterocycles. The Morgan fingerprint density at radius 1 is 0.956 bits per heavy atom. The molecule has 0 atom stereocenters. The lowest BCUT2D eigenvalue weighted by molar-refractivity contribution is -0.907. The summed E-state index contributed by atoms with van der Waals surface area (Å²) in [4.78, 5) is 30.4. The first kappa shape index (κ1) is 32.1. The van der Waals surface area contributed by atoms with Gasteiger partial charge in [0, 0.05) is 39.6 Å². The number of hydrogen-bond donors (Lipinski definition) is 3. The third-order valence-corrected chi connectivity index (χ3v) is 9.18.